The quantitative estimate of drug-likeness (QED) is 0.254. The molecule has 3 rings (SSSR count). The number of hydrogen-bond donors (Lipinski definition) is 1. The lowest BCUT2D eigenvalue weighted by atomic mass is 9.84. The predicted molar refractivity (Wildman–Crippen MR) is 214 cm³/mol. The van der Waals surface area contributed by atoms with Gasteiger partial charge in [0.2, 0.25) is 0 Å². The second-order valence-corrected chi connectivity index (χ2v) is 10.7. The van der Waals surface area contributed by atoms with Gasteiger partial charge in [-0.05, 0) is 101 Å². The Kier molecular flexibility index (Phi) is 45.5. The summed E-state index contributed by atoms with van der Waals surface area (Å²) in [6, 6.07) is 13.0. The minimum absolute atomic E-state index is 0.221. The molecule has 4 unspecified atom stereocenters. The average molecular weight is 676 g/mol. The zero-order chi connectivity index (χ0) is 38.5. The molecule has 1 heterocycles. The zero-order valence-corrected chi connectivity index (χ0v) is 33.3. The molecule has 0 aliphatic carbocycles. The van der Waals surface area contributed by atoms with E-state index in [9.17, 15) is 13.9 Å². The van der Waals surface area contributed by atoms with Crippen LogP contribution in [0, 0.1) is 23.5 Å². The van der Waals surface area contributed by atoms with E-state index in [0.717, 1.165) is 36.6 Å². The van der Waals surface area contributed by atoms with E-state index in [1.165, 1.54) is 36.3 Å². The summed E-state index contributed by atoms with van der Waals surface area (Å²) < 4.78 is 30.4. The van der Waals surface area contributed by atoms with E-state index in [2.05, 4.69) is 56.7 Å². The summed E-state index contributed by atoms with van der Waals surface area (Å²) in [5.74, 6) is 0.831. The highest BCUT2D eigenvalue weighted by Gasteiger charge is 2.35. The fourth-order valence-electron chi connectivity index (χ4n) is 3.79. The first kappa shape index (κ1) is 54.4. The van der Waals surface area contributed by atoms with Gasteiger partial charge in [-0.2, -0.15) is 0 Å². The SMILES string of the molecule is C=C(C)C.C=CC.C=CCC(C)CC.C=CCOC.CC.CC.CC.CC1C(CCC(O)c2ccc(F)cc2)CN1c1ccc(F)cc1. The first-order valence-corrected chi connectivity index (χ1v) is 17.8. The minimum Gasteiger partial charge on any atom is -0.388 e. The summed E-state index contributed by atoms with van der Waals surface area (Å²) in [4.78, 5) is 2.24. The van der Waals surface area contributed by atoms with Crippen LogP contribution in [0.1, 0.15) is 120 Å². The standard InChI is InChI=1S/C19H21F2NO.C7H14.C4H8O.C4H8.C3H6.3C2H6/c1-13-15(12-22(13)18-9-7-17(21)8-10-18)4-11-19(23)14-2-5-16(20)6-3-14;1-4-6-7(3)5-2;1-3-4-5-2;1-4(2)3;1-3-2;3*1-2/h2-3,5-10,13,15,19,23H,4,11-12H2,1H3;4,7H,1,5-6H2,2-3H3;3H,1,4H2,2H3;1H2,2-3H3;3H,1H2,2H3;3*1-2H3. The summed E-state index contributed by atoms with van der Waals surface area (Å²) >= 11 is 0. The van der Waals surface area contributed by atoms with Crippen molar-refractivity contribution in [3.05, 3.63) is 116 Å². The second-order valence-electron chi connectivity index (χ2n) is 10.7. The van der Waals surface area contributed by atoms with Crippen LogP contribution in [-0.4, -0.2) is 31.4 Å². The lowest BCUT2D eigenvalue weighted by Gasteiger charge is -2.48. The third kappa shape index (κ3) is 31.6. The van der Waals surface area contributed by atoms with E-state index in [-0.39, 0.29) is 11.6 Å². The number of anilines is 1. The van der Waals surface area contributed by atoms with Gasteiger partial charge in [0.15, 0.2) is 0 Å². The normalized spacial score (nSPS) is 14.4. The van der Waals surface area contributed by atoms with Gasteiger partial charge in [0.1, 0.15) is 11.6 Å². The molecule has 0 saturated carbocycles. The fourth-order valence-corrected chi connectivity index (χ4v) is 3.79. The second kappa shape index (κ2) is 40.2. The van der Waals surface area contributed by atoms with Crippen molar-refractivity contribution in [1.29, 1.82) is 0 Å². The number of rotatable bonds is 10. The van der Waals surface area contributed by atoms with Crippen molar-refractivity contribution in [2.24, 2.45) is 11.8 Å². The Bertz CT molecular complexity index is 969. The molecular weight excluding hydrogens is 600 g/mol. The van der Waals surface area contributed by atoms with Crippen LogP contribution in [0.5, 0.6) is 0 Å². The molecule has 1 N–H and O–H groups in total. The molecule has 0 amide bonds. The van der Waals surface area contributed by atoms with Crippen LogP contribution in [0.2, 0.25) is 0 Å². The highest BCUT2D eigenvalue weighted by atomic mass is 19.1. The Labute approximate surface area is 297 Å². The highest BCUT2D eigenvalue weighted by Crippen LogP contribution is 2.35. The van der Waals surface area contributed by atoms with Crippen molar-refractivity contribution in [1.82, 2.24) is 0 Å². The van der Waals surface area contributed by atoms with Gasteiger partial charge in [-0.1, -0.05) is 97.7 Å². The number of benzene rings is 2. The summed E-state index contributed by atoms with van der Waals surface area (Å²) in [6.45, 7) is 40.0. The van der Waals surface area contributed by atoms with E-state index in [0.29, 0.717) is 25.0 Å². The van der Waals surface area contributed by atoms with Crippen molar-refractivity contribution < 1.29 is 18.6 Å². The number of aliphatic hydroxyl groups excluding tert-OH is 1. The molecule has 48 heavy (non-hydrogen) atoms. The molecular formula is C43H75F2NO2. The maximum absolute atomic E-state index is 13.0. The number of hydrogen-bond acceptors (Lipinski definition) is 3. The number of halogens is 2. The number of aliphatic hydroxyl groups is 1. The minimum atomic E-state index is -0.553. The van der Waals surface area contributed by atoms with Crippen LogP contribution in [0.3, 0.4) is 0 Å². The first-order valence-electron chi connectivity index (χ1n) is 17.8. The van der Waals surface area contributed by atoms with Crippen LogP contribution in [0.15, 0.2) is 98.6 Å². The summed E-state index contributed by atoms with van der Waals surface area (Å²) in [6.07, 6.45) is 8.90. The molecule has 5 heteroatoms. The number of ether oxygens (including phenoxy) is 1. The van der Waals surface area contributed by atoms with Crippen molar-refractivity contribution in [2.45, 2.75) is 121 Å². The molecule has 1 aliphatic heterocycles. The van der Waals surface area contributed by atoms with Gasteiger partial charge in [0.25, 0.3) is 0 Å². The van der Waals surface area contributed by atoms with E-state index < -0.39 is 6.10 Å². The monoisotopic (exact) mass is 676 g/mol. The number of methoxy groups -OCH3 is 1. The first-order chi connectivity index (χ1) is 22.9. The molecule has 278 valence electrons. The van der Waals surface area contributed by atoms with E-state index in [1.54, 1.807) is 43.5 Å². The third-order valence-electron chi connectivity index (χ3n) is 6.38. The third-order valence-corrected chi connectivity index (χ3v) is 6.38. The van der Waals surface area contributed by atoms with Gasteiger partial charge in [0, 0.05) is 25.4 Å². The Morgan fingerprint density at radius 2 is 1.33 bits per heavy atom. The molecule has 2 aromatic rings. The number of allylic oxidation sites excluding steroid dienone is 3. The molecule has 2 aromatic carbocycles. The lowest BCUT2D eigenvalue weighted by molar-refractivity contribution is 0.146. The summed E-state index contributed by atoms with van der Waals surface area (Å²) in [5, 5.41) is 10.2. The van der Waals surface area contributed by atoms with Crippen molar-refractivity contribution >= 4 is 5.69 Å². The molecule has 0 aromatic heterocycles. The topological polar surface area (TPSA) is 32.7 Å². The van der Waals surface area contributed by atoms with Gasteiger partial charge in [-0.15, -0.1) is 26.3 Å². The average Bonchev–Trinajstić information content (AvgIpc) is 3.09. The largest absolute Gasteiger partial charge is 0.388 e. The molecule has 0 spiro atoms. The maximum Gasteiger partial charge on any atom is 0.123 e. The van der Waals surface area contributed by atoms with E-state index in [4.69, 9.17) is 0 Å². The lowest BCUT2D eigenvalue weighted by Crippen LogP contribution is -2.54. The molecule has 1 fully saturated rings. The van der Waals surface area contributed by atoms with E-state index >= 15 is 0 Å². The van der Waals surface area contributed by atoms with Crippen LogP contribution < -0.4 is 4.90 Å². The molecule has 1 aliphatic rings. The molecule has 0 radical (unpaired) electrons. The van der Waals surface area contributed by atoms with Gasteiger partial charge in [0.05, 0.1) is 12.7 Å². The Hall–Kier alpha value is -3.02. The van der Waals surface area contributed by atoms with Gasteiger partial charge < -0.3 is 14.7 Å². The Morgan fingerprint density at radius 1 is 0.917 bits per heavy atom. The van der Waals surface area contributed by atoms with Crippen molar-refractivity contribution in [3.8, 4) is 0 Å². The van der Waals surface area contributed by atoms with Gasteiger partial charge in [-0.3, -0.25) is 0 Å². The summed E-state index contributed by atoms with van der Waals surface area (Å²) in [5.41, 5.74) is 2.96. The van der Waals surface area contributed by atoms with Crippen LogP contribution in [0.4, 0.5) is 14.5 Å². The van der Waals surface area contributed by atoms with Gasteiger partial charge in [-0.25, -0.2) is 8.78 Å². The Morgan fingerprint density at radius 3 is 1.62 bits per heavy atom. The fraction of sp³-hybridized carbons (Fsp3) is 0.535. The zero-order valence-electron chi connectivity index (χ0n) is 33.3. The van der Waals surface area contributed by atoms with Crippen molar-refractivity contribution in [2.75, 3.05) is 25.2 Å². The molecule has 0 bridgehead atoms. The molecule has 3 nitrogen and oxygen atoms in total. The van der Waals surface area contributed by atoms with Crippen molar-refractivity contribution in [3.63, 3.8) is 0 Å². The predicted octanol–water partition coefficient (Wildman–Crippen LogP) is 13.6. The van der Waals surface area contributed by atoms with Gasteiger partial charge >= 0.3 is 0 Å². The smallest absolute Gasteiger partial charge is 0.123 e. The summed E-state index contributed by atoms with van der Waals surface area (Å²) in [7, 11) is 1.64. The molecule has 4 atom stereocenters. The number of nitrogens with zero attached hydrogens (tertiary/aromatic N) is 1. The van der Waals surface area contributed by atoms with Crippen LogP contribution in [-0.2, 0) is 4.74 Å². The Balaban J connectivity index is -0.000000203. The molecule has 1 saturated heterocycles. The highest BCUT2D eigenvalue weighted by molar-refractivity contribution is 5.50. The van der Waals surface area contributed by atoms with Crippen LogP contribution >= 0.6 is 0 Å². The van der Waals surface area contributed by atoms with Crippen LogP contribution in [0.25, 0.3) is 0 Å². The van der Waals surface area contributed by atoms with E-state index in [1.807, 2.05) is 68.4 Å². The maximum atomic E-state index is 13.0.